The van der Waals surface area contributed by atoms with Crippen LogP contribution < -0.4 is 5.32 Å². The van der Waals surface area contributed by atoms with Gasteiger partial charge in [0.25, 0.3) is 0 Å². The lowest BCUT2D eigenvalue weighted by Crippen LogP contribution is -2.48. The minimum atomic E-state index is -0.343. The van der Waals surface area contributed by atoms with Crippen molar-refractivity contribution in [3.63, 3.8) is 0 Å². The summed E-state index contributed by atoms with van der Waals surface area (Å²) in [5, 5.41) is 3.02. The molecule has 1 N–H and O–H groups in total. The largest absolute Gasteiger partial charge is 0.462 e. The number of amides is 1. The van der Waals surface area contributed by atoms with Crippen molar-refractivity contribution >= 4 is 18.1 Å². The zero-order valence-electron chi connectivity index (χ0n) is 20.4. The summed E-state index contributed by atoms with van der Waals surface area (Å²) in [6.45, 7) is 4.22. The smallest absolute Gasteiger partial charge is 0.407 e. The summed E-state index contributed by atoms with van der Waals surface area (Å²) in [6, 6.07) is 14.5. The Morgan fingerprint density at radius 3 is 2.74 bits per heavy atom. The molecule has 0 radical (unpaired) electrons. The van der Waals surface area contributed by atoms with E-state index < -0.39 is 0 Å². The lowest BCUT2D eigenvalue weighted by atomic mass is 9.57. The number of hydrogen-bond acceptors (Lipinski definition) is 5. The van der Waals surface area contributed by atoms with Crippen LogP contribution in [-0.2, 0) is 14.3 Å². The molecule has 1 saturated heterocycles. The van der Waals surface area contributed by atoms with E-state index in [2.05, 4.69) is 46.7 Å². The van der Waals surface area contributed by atoms with Gasteiger partial charge in [-0.1, -0.05) is 42.5 Å². The lowest BCUT2D eigenvalue weighted by molar-refractivity contribution is -0.144. The van der Waals surface area contributed by atoms with Crippen LogP contribution in [0.1, 0.15) is 45.1 Å². The highest BCUT2D eigenvalue weighted by atomic mass is 16.6. The van der Waals surface area contributed by atoms with E-state index in [0.717, 1.165) is 42.5 Å². The molecule has 5 rings (SSSR count). The van der Waals surface area contributed by atoms with E-state index in [4.69, 9.17) is 9.47 Å². The van der Waals surface area contributed by atoms with Crippen LogP contribution in [-0.4, -0.2) is 35.8 Å². The predicted octanol–water partition coefficient (Wildman–Crippen LogP) is 5.49. The molecule has 0 spiro atoms. The van der Waals surface area contributed by atoms with Gasteiger partial charge in [0.05, 0.1) is 18.2 Å². The first-order chi connectivity index (χ1) is 17.0. The third kappa shape index (κ3) is 4.97. The van der Waals surface area contributed by atoms with E-state index in [-0.39, 0.29) is 42.0 Å². The van der Waals surface area contributed by atoms with E-state index in [1.165, 1.54) is 0 Å². The minimum Gasteiger partial charge on any atom is -0.462 e. The van der Waals surface area contributed by atoms with Crippen LogP contribution >= 0.6 is 0 Å². The number of nitrogens with one attached hydrogen (secondary N) is 1. The van der Waals surface area contributed by atoms with Crippen LogP contribution in [0.3, 0.4) is 0 Å². The molecular weight excluding hydrogens is 440 g/mol. The van der Waals surface area contributed by atoms with Crippen molar-refractivity contribution in [3.05, 3.63) is 60.3 Å². The molecule has 2 saturated carbocycles. The van der Waals surface area contributed by atoms with E-state index >= 15 is 0 Å². The third-order valence-electron chi connectivity index (χ3n) is 8.13. The first-order valence-electron chi connectivity index (χ1n) is 12.9. The lowest BCUT2D eigenvalue weighted by Gasteiger charge is -2.47. The van der Waals surface area contributed by atoms with E-state index in [1.807, 2.05) is 38.2 Å². The molecule has 0 bridgehead atoms. The number of fused-ring (bicyclic) bond motifs is 2. The fourth-order valence-electron chi connectivity index (χ4n) is 6.61. The maximum absolute atomic E-state index is 12.7. The second-order valence-electron chi connectivity index (χ2n) is 10.1. The fourth-order valence-corrected chi connectivity index (χ4v) is 6.61. The van der Waals surface area contributed by atoms with Crippen LogP contribution in [0.5, 0.6) is 0 Å². The molecule has 6 heteroatoms. The topological polar surface area (TPSA) is 77.5 Å². The molecule has 35 heavy (non-hydrogen) atoms. The highest BCUT2D eigenvalue weighted by Gasteiger charge is 2.54. The van der Waals surface area contributed by atoms with E-state index in [0.29, 0.717) is 18.4 Å². The molecule has 7 atom stereocenters. The van der Waals surface area contributed by atoms with Gasteiger partial charge in [-0.2, -0.15) is 0 Å². The number of rotatable bonds is 5. The van der Waals surface area contributed by atoms with Crippen molar-refractivity contribution in [2.24, 2.45) is 29.6 Å². The van der Waals surface area contributed by atoms with Crippen LogP contribution in [0.15, 0.2) is 54.7 Å². The number of cyclic esters (lactones) is 1. The Bertz CT molecular complexity index is 1070. The molecule has 3 fully saturated rings. The van der Waals surface area contributed by atoms with Crippen molar-refractivity contribution in [1.29, 1.82) is 0 Å². The first kappa shape index (κ1) is 23.6. The summed E-state index contributed by atoms with van der Waals surface area (Å²) in [5.74, 6) is 1.24. The Labute approximate surface area is 207 Å². The number of nitrogens with zero attached hydrogens (tertiary/aromatic N) is 1. The van der Waals surface area contributed by atoms with E-state index in [9.17, 15) is 9.59 Å². The van der Waals surface area contributed by atoms with Gasteiger partial charge in [-0.25, -0.2) is 4.79 Å². The maximum Gasteiger partial charge on any atom is 0.407 e. The zero-order chi connectivity index (χ0) is 24.4. The summed E-state index contributed by atoms with van der Waals surface area (Å²) in [7, 11) is 0. The standard InChI is InChI=1S/C29H34N2O4/c1-3-34-29(33)31-22-12-14-23-21(16-22)17-25-27(18(2)35-28(25)32)24(23)13-9-19-7-10-20(11-8-19)26-6-4-5-15-30-26/h4-11,13,15,18,21-25,27H,3,12,14,16-17H2,1-2H3,(H,31,33)/b13-9+/t18-,21+,22?,23-,24+,25-,27+/m1/s1. The molecule has 3 aliphatic rings. The van der Waals surface area contributed by atoms with Crippen LogP contribution in [0.25, 0.3) is 17.3 Å². The number of ether oxygens (including phenoxy) is 2. The van der Waals surface area contributed by atoms with Crippen molar-refractivity contribution in [3.8, 4) is 11.3 Å². The average Bonchev–Trinajstić information content (AvgIpc) is 3.15. The Morgan fingerprint density at radius 1 is 1.17 bits per heavy atom. The monoisotopic (exact) mass is 474 g/mol. The van der Waals surface area contributed by atoms with Gasteiger partial charge in [-0.15, -0.1) is 0 Å². The zero-order valence-corrected chi connectivity index (χ0v) is 20.4. The minimum absolute atomic E-state index is 0.0560. The maximum atomic E-state index is 12.7. The molecule has 6 nitrogen and oxygen atoms in total. The summed E-state index contributed by atoms with van der Waals surface area (Å²) >= 11 is 0. The summed E-state index contributed by atoms with van der Waals surface area (Å²) < 4.78 is 10.8. The normalized spacial score (nSPS) is 31.9. The van der Waals surface area contributed by atoms with Crippen molar-refractivity contribution in [1.82, 2.24) is 10.3 Å². The number of benzene rings is 1. The number of carbonyl (C=O) groups is 2. The molecule has 1 aromatic heterocycles. The van der Waals surface area contributed by atoms with E-state index in [1.54, 1.807) is 0 Å². The van der Waals surface area contributed by atoms with Gasteiger partial charge >= 0.3 is 12.1 Å². The Morgan fingerprint density at radius 2 is 2.00 bits per heavy atom. The summed E-state index contributed by atoms with van der Waals surface area (Å²) in [4.78, 5) is 29.1. The summed E-state index contributed by atoms with van der Waals surface area (Å²) in [5.41, 5.74) is 3.19. The molecule has 1 aromatic carbocycles. The number of pyridine rings is 1. The summed E-state index contributed by atoms with van der Waals surface area (Å²) in [6.07, 6.45) is 9.62. The third-order valence-corrected chi connectivity index (χ3v) is 8.13. The van der Waals surface area contributed by atoms with Gasteiger partial charge < -0.3 is 14.8 Å². The molecular formula is C29H34N2O4. The number of alkyl carbamates (subject to hydrolysis) is 1. The van der Waals surface area contributed by atoms with Crippen LogP contribution in [0.4, 0.5) is 4.79 Å². The second-order valence-corrected chi connectivity index (χ2v) is 10.1. The fraction of sp³-hybridized carbons (Fsp3) is 0.483. The molecule has 2 aliphatic carbocycles. The van der Waals surface area contributed by atoms with Gasteiger partial charge in [0.2, 0.25) is 0 Å². The molecule has 1 unspecified atom stereocenters. The highest BCUT2D eigenvalue weighted by Crippen LogP contribution is 2.53. The SMILES string of the molecule is CCOC(=O)NC1CC[C@@H]2[C@@H](C1)C[C@H]1C(=O)O[C@H](C)[C@H]1[C@H]2/C=C/c1ccc(-c2ccccn2)cc1. The number of hydrogen-bond donors (Lipinski definition) is 1. The molecule has 1 aliphatic heterocycles. The Balaban J connectivity index is 1.34. The second kappa shape index (κ2) is 10.2. The van der Waals surface area contributed by atoms with Gasteiger partial charge in [0.1, 0.15) is 6.10 Å². The van der Waals surface area contributed by atoms with Crippen molar-refractivity contribution in [2.75, 3.05) is 6.61 Å². The first-order valence-corrected chi connectivity index (χ1v) is 12.9. The highest BCUT2D eigenvalue weighted by molar-refractivity contribution is 5.76. The number of carbonyl (C=O) groups excluding carboxylic acids is 2. The van der Waals surface area contributed by atoms with Gasteiger partial charge in [0.15, 0.2) is 0 Å². The Hall–Kier alpha value is -3.15. The van der Waals surface area contributed by atoms with Crippen LogP contribution in [0, 0.1) is 29.6 Å². The van der Waals surface area contributed by atoms with Gasteiger partial charge in [-0.05, 0) is 75.0 Å². The number of aromatic nitrogens is 1. The van der Waals surface area contributed by atoms with Crippen molar-refractivity contribution in [2.45, 2.75) is 51.7 Å². The molecule has 2 aromatic rings. The Kier molecular flexibility index (Phi) is 6.89. The van der Waals surface area contributed by atoms with Crippen LogP contribution in [0.2, 0.25) is 0 Å². The molecule has 184 valence electrons. The number of esters is 1. The molecule has 1 amide bonds. The van der Waals surface area contributed by atoms with Crippen molar-refractivity contribution < 1.29 is 19.1 Å². The van der Waals surface area contributed by atoms with Gasteiger partial charge in [0, 0.05) is 23.7 Å². The predicted molar refractivity (Wildman–Crippen MR) is 134 cm³/mol. The van der Waals surface area contributed by atoms with Gasteiger partial charge in [-0.3, -0.25) is 9.78 Å². The molecule has 2 heterocycles. The number of allylic oxidation sites excluding steroid dienone is 1. The average molecular weight is 475 g/mol. The quantitative estimate of drug-likeness (QED) is 0.580.